The summed E-state index contributed by atoms with van der Waals surface area (Å²) in [5.41, 5.74) is 5.58. The third-order valence-corrected chi connectivity index (χ3v) is 8.72. The number of benzene rings is 3. The third-order valence-electron chi connectivity index (χ3n) is 8.72. The van der Waals surface area contributed by atoms with Gasteiger partial charge in [0.1, 0.15) is 12.4 Å². The van der Waals surface area contributed by atoms with Crippen molar-refractivity contribution in [1.29, 1.82) is 0 Å². The molecule has 1 aliphatic carbocycles. The normalized spacial score (nSPS) is 18.0. The number of aryl methyl sites for hydroxylation is 1. The Morgan fingerprint density at radius 2 is 1.69 bits per heavy atom. The molecule has 0 radical (unpaired) electrons. The summed E-state index contributed by atoms with van der Waals surface area (Å²) >= 11 is 0. The number of hydrogen-bond acceptors (Lipinski definition) is 6. The maximum absolute atomic E-state index is 15.0. The number of anilines is 1. The molecule has 0 saturated carbocycles. The van der Waals surface area contributed by atoms with Crippen molar-refractivity contribution >= 4 is 5.69 Å². The van der Waals surface area contributed by atoms with Crippen molar-refractivity contribution in [2.75, 3.05) is 45.8 Å². The summed E-state index contributed by atoms with van der Waals surface area (Å²) in [6.07, 6.45) is 8.50. The van der Waals surface area contributed by atoms with Gasteiger partial charge in [-0.05, 0) is 117 Å². The highest BCUT2D eigenvalue weighted by Gasteiger charge is 2.25. The Kier molecular flexibility index (Phi) is 10.1. The minimum Gasteiger partial charge on any atom is -0.508 e. The molecule has 2 atom stereocenters. The molecule has 5 rings (SSSR count). The highest BCUT2D eigenvalue weighted by molar-refractivity contribution is 5.63. The molecule has 1 heterocycles. The number of rotatable bonds is 11. The zero-order valence-corrected chi connectivity index (χ0v) is 25.3. The van der Waals surface area contributed by atoms with E-state index >= 15 is 0 Å². The van der Waals surface area contributed by atoms with Crippen LogP contribution in [0.1, 0.15) is 67.2 Å². The van der Waals surface area contributed by atoms with Crippen LogP contribution >= 0.6 is 0 Å². The number of nitrogens with zero attached hydrogens (tertiary/aromatic N) is 1. The molecule has 3 aromatic carbocycles. The van der Waals surface area contributed by atoms with E-state index in [1.54, 1.807) is 32.4 Å². The van der Waals surface area contributed by atoms with E-state index in [0.29, 0.717) is 41.9 Å². The molecule has 6 nitrogen and oxygen atoms in total. The van der Waals surface area contributed by atoms with Gasteiger partial charge in [-0.15, -0.1) is 0 Å². The van der Waals surface area contributed by atoms with Crippen LogP contribution in [0.4, 0.5) is 10.1 Å². The molecule has 1 fully saturated rings. The highest BCUT2D eigenvalue weighted by Crippen LogP contribution is 2.42. The van der Waals surface area contributed by atoms with Crippen LogP contribution in [0.15, 0.2) is 48.5 Å². The van der Waals surface area contributed by atoms with Gasteiger partial charge in [-0.2, -0.15) is 0 Å². The lowest BCUT2D eigenvalue weighted by Crippen LogP contribution is -2.29. The molecular weight excluding hydrogens is 531 g/mol. The molecule has 1 saturated heterocycles. The maximum Gasteiger partial charge on any atom is 0.165 e. The van der Waals surface area contributed by atoms with Gasteiger partial charge in [-0.3, -0.25) is 4.90 Å². The van der Waals surface area contributed by atoms with E-state index in [9.17, 15) is 9.50 Å². The number of methoxy groups -OCH3 is 2. The quantitative estimate of drug-likeness (QED) is 0.254. The Labute approximate surface area is 249 Å². The second-order valence-corrected chi connectivity index (χ2v) is 11.8. The number of aromatic hydroxyl groups is 1. The van der Waals surface area contributed by atoms with E-state index in [2.05, 4.69) is 23.2 Å². The Balaban J connectivity index is 1.25. The first-order valence-electron chi connectivity index (χ1n) is 15.4. The first-order valence-corrected chi connectivity index (χ1v) is 15.4. The number of ether oxygens (including phenoxy) is 3. The molecule has 0 amide bonds. The van der Waals surface area contributed by atoms with Gasteiger partial charge in [0.25, 0.3) is 0 Å². The fourth-order valence-corrected chi connectivity index (χ4v) is 6.47. The summed E-state index contributed by atoms with van der Waals surface area (Å²) in [6, 6.07) is 15.1. The summed E-state index contributed by atoms with van der Waals surface area (Å²) in [5.74, 6) is 2.00. The van der Waals surface area contributed by atoms with Crippen molar-refractivity contribution in [3.63, 3.8) is 0 Å². The van der Waals surface area contributed by atoms with Crippen LogP contribution in [0.3, 0.4) is 0 Å². The van der Waals surface area contributed by atoms with Crippen LogP contribution in [0.25, 0.3) is 0 Å². The molecule has 1 aliphatic heterocycles. The smallest absolute Gasteiger partial charge is 0.165 e. The fraction of sp³-hybridized carbons (Fsp3) is 0.486. The Morgan fingerprint density at radius 1 is 0.929 bits per heavy atom. The van der Waals surface area contributed by atoms with Crippen LogP contribution < -0.4 is 19.5 Å². The lowest BCUT2D eigenvalue weighted by molar-refractivity contribution is 0.209. The number of nitrogens with one attached hydrogen (secondary N) is 1. The average Bonchev–Trinajstić information content (AvgIpc) is 3.26. The zero-order valence-electron chi connectivity index (χ0n) is 25.3. The van der Waals surface area contributed by atoms with E-state index in [1.807, 2.05) is 24.3 Å². The predicted molar refractivity (Wildman–Crippen MR) is 166 cm³/mol. The molecular formula is C35H45FN2O4. The molecule has 226 valence electrons. The summed E-state index contributed by atoms with van der Waals surface area (Å²) < 4.78 is 32.1. The molecule has 0 spiro atoms. The second-order valence-electron chi connectivity index (χ2n) is 11.8. The number of fused-ring (bicyclic) bond motifs is 1. The molecule has 42 heavy (non-hydrogen) atoms. The summed E-state index contributed by atoms with van der Waals surface area (Å²) in [7, 11) is 3.31. The highest BCUT2D eigenvalue weighted by atomic mass is 19.1. The van der Waals surface area contributed by atoms with Crippen molar-refractivity contribution in [2.24, 2.45) is 0 Å². The van der Waals surface area contributed by atoms with Gasteiger partial charge in [-0.1, -0.05) is 25.0 Å². The van der Waals surface area contributed by atoms with Gasteiger partial charge in [0.05, 0.1) is 14.2 Å². The predicted octanol–water partition coefficient (Wildman–Crippen LogP) is 7.12. The summed E-state index contributed by atoms with van der Waals surface area (Å²) in [5, 5.41) is 13.6. The van der Waals surface area contributed by atoms with Crippen molar-refractivity contribution < 1.29 is 23.7 Å². The number of phenolic OH excluding ortho intramolecular Hbond substituents is 1. The Hall–Kier alpha value is -3.45. The number of likely N-dealkylation sites (tertiary alicyclic amines) is 1. The van der Waals surface area contributed by atoms with E-state index in [1.165, 1.54) is 42.4 Å². The number of hydrogen-bond donors (Lipinski definition) is 2. The van der Waals surface area contributed by atoms with E-state index in [-0.39, 0.29) is 11.9 Å². The zero-order chi connectivity index (χ0) is 29.5. The van der Waals surface area contributed by atoms with Crippen LogP contribution in [0, 0.1) is 5.82 Å². The molecule has 0 bridgehead atoms. The van der Waals surface area contributed by atoms with Gasteiger partial charge < -0.3 is 24.6 Å². The monoisotopic (exact) mass is 576 g/mol. The van der Waals surface area contributed by atoms with Gasteiger partial charge >= 0.3 is 0 Å². The van der Waals surface area contributed by atoms with E-state index in [4.69, 9.17) is 14.2 Å². The van der Waals surface area contributed by atoms with Crippen LogP contribution in [0.5, 0.6) is 23.0 Å². The fourth-order valence-electron chi connectivity index (χ4n) is 6.47. The Morgan fingerprint density at radius 3 is 2.43 bits per heavy atom. The van der Waals surface area contributed by atoms with Crippen molar-refractivity contribution in [2.45, 2.75) is 70.3 Å². The van der Waals surface area contributed by atoms with E-state index in [0.717, 1.165) is 50.1 Å². The maximum atomic E-state index is 15.0. The largest absolute Gasteiger partial charge is 0.508 e. The van der Waals surface area contributed by atoms with Gasteiger partial charge in [0.2, 0.25) is 0 Å². The minimum atomic E-state index is -0.311. The Bertz CT molecular complexity index is 1340. The van der Waals surface area contributed by atoms with Crippen LogP contribution in [0.2, 0.25) is 0 Å². The van der Waals surface area contributed by atoms with Crippen molar-refractivity contribution in [3.8, 4) is 23.0 Å². The van der Waals surface area contributed by atoms with E-state index < -0.39 is 0 Å². The van der Waals surface area contributed by atoms with Crippen molar-refractivity contribution in [1.82, 2.24) is 4.90 Å². The molecule has 0 aromatic heterocycles. The minimum absolute atomic E-state index is 0.0453. The molecule has 2 aliphatic rings. The molecule has 2 N–H and O–H groups in total. The molecule has 7 heteroatoms. The molecule has 3 aromatic rings. The van der Waals surface area contributed by atoms with Gasteiger partial charge in [0, 0.05) is 24.3 Å². The molecule has 2 unspecified atom stereocenters. The number of phenols is 1. The second kappa shape index (κ2) is 14.1. The average molecular weight is 577 g/mol. The van der Waals surface area contributed by atoms with Crippen LogP contribution in [-0.4, -0.2) is 56.5 Å². The first-order chi connectivity index (χ1) is 20.4. The van der Waals surface area contributed by atoms with Crippen LogP contribution in [-0.2, 0) is 19.3 Å². The topological polar surface area (TPSA) is 63.2 Å². The lowest BCUT2D eigenvalue weighted by atomic mass is 9.79. The SMILES string of the molecule is COc1cc(NC(C)Cc2ccc(OCCN3CCCCCC3)c(F)c2)c(C2CCc3cc(O)ccc3C2)cc1OC. The first kappa shape index (κ1) is 30.0. The van der Waals surface area contributed by atoms with Gasteiger partial charge in [0.15, 0.2) is 23.1 Å². The summed E-state index contributed by atoms with van der Waals surface area (Å²) in [6.45, 7) is 5.67. The lowest BCUT2D eigenvalue weighted by Gasteiger charge is -2.29. The van der Waals surface area contributed by atoms with Gasteiger partial charge in [-0.25, -0.2) is 4.39 Å². The third kappa shape index (κ3) is 7.49. The summed E-state index contributed by atoms with van der Waals surface area (Å²) in [4.78, 5) is 2.42. The number of halogens is 1. The standard InChI is InChI=1S/C35H45FN2O4/c1-24(18-25-8-13-33(31(36)19-25)42-17-16-38-14-6-4-5-7-15-38)37-32-23-35(41-3)34(40-2)22-30(32)28-10-9-27-21-29(39)12-11-26(27)20-28/h8,11-13,19,21-24,28,37,39H,4-7,9-10,14-18,20H2,1-3H3. The van der Waals surface area contributed by atoms with Crippen molar-refractivity contribution in [3.05, 3.63) is 76.6 Å².